The van der Waals surface area contributed by atoms with Crippen molar-refractivity contribution in [3.8, 4) is 0 Å². The Morgan fingerprint density at radius 1 is 1.17 bits per heavy atom. The number of benzene rings is 2. The molecule has 0 saturated carbocycles. The fraction of sp³-hybridized carbons (Fsp3) is 0.261. The SMILES string of the molecule is CCc1nc2ccc(Br)cc2c(=O)n1N=Cc1c(C)n(C(C)C)c2ccccc12. The fourth-order valence-corrected chi connectivity index (χ4v) is 4.26. The van der Waals surface area contributed by atoms with Gasteiger partial charge in [-0.2, -0.15) is 9.78 Å². The van der Waals surface area contributed by atoms with Crippen LogP contribution in [0.25, 0.3) is 21.8 Å². The Morgan fingerprint density at radius 3 is 2.66 bits per heavy atom. The van der Waals surface area contributed by atoms with Crippen molar-refractivity contribution in [1.29, 1.82) is 0 Å². The van der Waals surface area contributed by atoms with Gasteiger partial charge >= 0.3 is 0 Å². The van der Waals surface area contributed by atoms with E-state index in [1.54, 1.807) is 12.3 Å². The van der Waals surface area contributed by atoms with E-state index in [0.29, 0.717) is 29.2 Å². The Labute approximate surface area is 177 Å². The number of fused-ring (bicyclic) bond motifs is 2. The number of aryl methyl sites for hydroxylation is 1. The Kier molecular flexibility index (Phi) is 5.13. The lowest BCUT2D eigenvalue weighted by molar-refractivity contribution is 0.607. The molecule has 2 heterocycles. The minimum absolute atomic E-state index is 0.158. The van der Waals surface area contributed by atoms with Gasteiger partial charge in [-0.05, 0) is 45.0 Å². The average molecular weight is 451 g/mol. The van der Waals surface area contributed by atoms with Crippen molar-refractivity contribution in [2.45, 2.75) is 40.2 Å². The monoisotopic (exact) mass is 450 g/mol. The van der Waals surface area contributed by atoms with Crippen molar-refractivity contribution in [2.75, 3.05) is 0 Å². The molecule has 4 aromatic rings. The molecule has 6 heteroatoms. The summed E-state index contributed by atoms with van der Waals surface area (Å²) in [5.74, 6) is 0.645. The second-order valence-electron chi connectivity index (χ2n) is 7.38. The molecule has 0 bridgehead atoms. The lowest BCUT2D eigenvalue weighted by atomic mass is 10.1. The molecule has 0 aliphatic rings. The first kappa shape index (κ1) is 19.6. The molecule has 2 aromatic heterocycles. The fourth-order valence-electron chi connectivity index (χ4n) is 3.90. The van der Waals surface area contributed by atoms with Crippen LogP contribution in [0.4, 0.5) is 0 Å². The quantitative estimate of drug-likeness (QED) is 0.388. The van der Waals surface area contributed by atoms with Crippen molar-refractivity contribution < 1.29 is 0 Å². The van der Waals surface area contributed by atoms with E-state index in [4.69, 9.17) is 0 Å². The lowest BCUT2D eigenvalue weighted by Crippen LogP contribution is -2.22. The van der Waals surface area contributed by atoms with Gasteiger partial charge < -0.3 is 4.57 Å². The topological polar surface area (TPSA) is 52.2 Å². The Hall–Kier alpha value is -2.73. The molecule has 148 valence electrons. The number of halogens is 1. The molecule has 4 rings (SSSR count). The number of rotatable bonds is 4. The first-order valence-corrected chi connectivity index (χ1v) is 10.6. The molecule has 0 atom stereocenters. The highest BCUT2D eigenvalue weighted by molar-refractivity contribution is 9.10. The summed E-state index contributed by atoms with van der Waals surface area (Å²) in [6.07, 6.45) is 2.41. The summed E-state index contributed by atoms with van der Waals surface area (Å²) in [5, 5.41) is 6.28. The molecule has 0 aliphatic heterocycles. The molecule has 0 fully saturated rings. The predicted octanol–water partition coefficient (Wildman–Crippen LogP) is 5.45. The summed E-state index contributed by atoms with van der Waals surface area (Å²) in [4.78, 5) is 17.8. The zero-order valence-electron chi connectivity index (χ0n) is 17.0. The zero-order chi connectivity index (χ0) is 20.7. The smallest absolute Gasteiger partial charge is 0.282 e. The molecule has 0 amide bonds. The molecule has 5 nitrogen and oxygen atoms in total. The molecule has 0 spiro atoms. The minimum atomic E-state index is -0.158. The number of hydrogen-bond donors (Lipinski definition) is 0. The van der Waals surface area contributed by atoms with Crippen LogP contribution in [0.15, 0.2) is 56.8 Å². The molecule has 29 heavy (non-hydrogen) atoms. The van der Waals surface area contributed by atoms with Crippen LogP contribution < -0.4 is 5.56 Å². The van der Waals surface area contributed by atoms with Gasteiger partial charge in [0.2, 0.25) is 0 Å². The highest BCUT2D eigenvalue weighted by atomic mass is 79.9. The highest BCUT2D eigenvalue weighted by Crippen LogP contribution is 2.27. The van der Waals surface area contributed by atoms with Crippen LogP contribution in [-0.4, -0.2) is 20.4 Å². The van der Waals surface area contributed by atoms with E-state index < -0.39 is 0 Å². The standard InChI is InChI=1S/C23H23BrN4O/c1-5-22-26-20-11-10-16(24)12-18(20)23(29)28(22)25-13-19-15(4)27(14(2)3)21-9-7-6-8-17(19)21/h6-14H,5H2,1-4H3. The van der Waals surface area contributed by atoms with Crippen molar-refractivity contribution in [2.24, 2.45) is 5.10 Å². The summed E-state index contributed by atoms with van der Waals surface area (Å²) < 4.78 is 4.57. The molecule has 2 aromatic carbocycles. The second kappa shape index (κ2) is 7.59. The van der Waals surface area contributed by atoms with E-state index in [2.05, 4.69) is 63.5 Å². The van der Waals surface area contributed by atoms with E-state index in [1.807, 2.05) is 31.2 Å². The molecule has 0 aliphatic carbocycles. The van der Waals surface area contributed by atoms with Crippen LogP contribution in [0.5, 0.6) is 0 Å². The summed E-state index contributed by atoms with van der Waals surface area (Å²) >= 11 is 3.44. The van der Waals surface area contributed by atoms with Crippen LogP contribution in [-0.2, 0) is 6.42 Å². The van der Waals surface area contributed by atoms with Crippen molar-refractivity contribution in [3.05, 3.63) is 74.4 Å². The van der Waals surface area contributed by atoms with Gasteiger partial charge in [-0.1, -0.05) is 41.1 Å². The average Bonchev–Trinajstić information content (AvgIpc) is 2.99. The Morgan fingerprint density at radius 2 is 1.93 bits per heavy atom. The van der Waals surface area contributed by atoms with Crippen LogP contribution in [0.3, 0.4) is 0 Å². The maximum atomic E-state index is 13.1. The predicted molar refractivity (Wildman–Crippen MR) is 123 cm³/mol. The normalized spacial score (nSPS) is 12.1. The van der Waals surface area contributed by atoms with Crippen molar-refractivity contribution >= 4 is 44.0 Å². The van der Waals surface area contributed by atoms with E-state index in [0.717, 1.165) is 21.1 Å². The van der Waals surface area contributed by atoms with Crippen LogP contribution in [0, 0.1) is 6.92 Å². The molecule has 0 unspecified atom stereocenters. The Balaban J connectivity index is 1.93. The maximum absolute atomic E-state index is 13.1. The minimum Gasteiger partial charge on any atom is -0.342 e. The first-order valence-electron chi connectivity index (χ1n) is 9.77. The van der Waals surface area contributed by atoms with E-state index in [-0.39, 0.29) is 5.56 Å². The van der Waals surface area contributed by atoms with Gasteiger partial charge in [0, 0.05) is 39.1 Å². The number of para-hydroxylation sites is 1. The first-order chi connectivity index (χ1) is 13.9. The van der Waals surface area contributed by atoms with Crippen molar-refractivity contribution in [3.63, 3.8) is 0 Å². The highest BCUT2D eigenvalue weighted by Gasteiger charge is 2.15. The summed E-state index contributed by atoms with van der Waals surface area (Å²) in [5.41, 5.74) is 3.86. The molecule has 0 saturated heterocycles. The van der Waals surface area contributed by atoms with Crippen LogP contribution >= 0.6 is 15.9 Å². The van der Waals surface area contributed by atoms with Crippen LogP contribution in [0.1, 0.15) is 43.9 Å². The zero-order valence-corrected chi connectivity index (χ0v) is 18.6. The second-order valence-corrected chi connectivity index (χ2v) is 8.30. The number of nitrogens with zero attached hydrogens (tertiary/aromatic N) is 4. The molecule has 0 N–H and O–H groups in total. The lowest BCUT2D eigenvalue weighted by Gasteiger charge is -2.12. The van der Waals surface area contributed by atoms with Gasteiger partial charge in [0.1, 0.15) is 5.82 Å². The third kappa shape index (κ3) is 3.31. The van der Waals surface area contributed by atoms with E-state index in [9.17, 15) is 4.79 Å². The molecular formula is C23H23BrN4O. The number of aromatic nitrogens is 3. The van der Waals surface area contributed by atoms with Crippen LogP contribution in [0.2, 0.25) is 0 Å². The Bertz CT molecular complexity index is 1310. The van der Waals surface area contributed by atoms with Gasteiger partial charge in [-0.25, -0.2) is 4.98 Å². The van der Waals surface area contributed by atoms with E-state index in [1.165, 1.54) is 10.2 Å². The van der Waals surface area contributed by atoms with Gasteiger partial charge in [-0.3, -0.25) is 4.79 Å². The van der Waals surface area contributed by atoms with Gasteiger partial charge in [0.05, 0.1) is 17.1 Å². The number of hydrogen-bond acceptors (Lipinski definition) is 3. The maximum Gasteiger partial charge on any atom is 0.282 e. The molecule has 0 radical (unpaired) electrons. The largest absolute Gasteiger partial charge is 0.342 e. The van der Waals surface area contributed by atoms with Gasteiger partial charge in [0.25, 0.3) is 5.56 Å². The molecular weight excluding hydrogens is 428 g/mol. The summed E-state index contributed by atoms with van der Waals surface area (Å²) in [6.45, 7) is 8.42. The summed E-state index contributed by atoms with van der Waals surface area (Å²) in [7, 11) is 0. The van der Waals surface area contributed by atoms with Gasteiger partial charge in [-0.15, -0.1) is 0 Å². The van der Waals surface area contributed by atoms with Crippen molar-refractivity contribution in [1.82, 2.24) is 14.2 Å². The summed E-state index contributed by atoms with van der Waals surface area (Å²) in [6, 6.07) is 14.2. The van der Waals surface area contributed by atoms with E-state index >= 15 is 0 Å². The van der Waals surface area contributed by atoms with Gasteiger partial charge in [0.15, 0.2) is 0 Å². The third-order valence-electron chi connectivity index (χ3n) is 5.22. The third-order valence-corrected chi connectivity index (χ3v) is 5.71.